The second-order valence-electron chi connectivity index (χ2n) is 4.56. The molecule has 1 heterocycles. The molecule has 0 saturated heterocycles. The first-order valence-electron chi connectivity index (χ1n) is 6.44. The summed E-state index contributed by atoms with van der Waals surface area (Å²) in [6.45, 7) is 1.93. The molecule has 2 N–H and O–H groups in total. The van der Waals surface area contributed by atoms with Gasteiger partial charge in [-0.1, -0.05) is 23.7 Å². The number of nitrogen functional groups attached to an aromatic ring is 1. The summed E-state index contributed by atoms with van der Waals surface area (Å²) in [5.41, 5.74) is 9.54. The Labute approximate surface area is 124 Å². The fourth-order valence-electron chi connectivity index (χ4n) is 2.21. The van der Waals surface area contributed by atoms with Crippen LogP contribution in [-0.2, 0) is 6.42 Å². The number of hydrogen-bond acceptors (Lipinski definition) is 3. The van der Waals surface area contributed by atoms with Gasteiger partial charge in [0.1, 0.15) is 0 Å². The molecule has 0 amide bonds. The molecule has 1 aromatic heterocycles. The van der Waals surface area contributed by atoms with E-state index >= 15 is 0 Å². The molecule has 0 fully saturated rings. The van der Waals surface area contributed by atoms with Crippen LogP contribution in [0.1, 0.15) is 24.2 Å². The Hall–Kier alpha value is -2.05. The van der Waals surface area contributed by atoms with Crippen molar-refractivity contribution in [1.29, 1.82) is 0 Å². The van der Waals surface area contributed by atoms with Crippen molar-refractivity contribution in [2.45, 2.75) is 26.2 Å². The van der Waals surface area contributed by atoms with Gasteiger partial charge in [-0.25, -0.2) is 9.97 Å². The molecule has 0 aliphatic heterocycles. The second kappa shape index (κ2) is 6.40. The predicted octanol–water partition coefficient (Wildman–Crippen LogP) is 3.64. The number of benzene rings is 1. The maximum atomic E-state index is 6.07. The van der Waals surface area contributed by atoms with Crippen LogP contribution in [0, 0.1) is 19.3 Å². The molecule has 1 aromatic carbocycles. The standard InChI is InChI=1S/C16H16ClN3/c1-3-4-5-9-14-15(11(2)19-16(18)20-14)12-7-6-8-13(17)10-12/h1,6-8,10H,4-5,9H2,2H3,(H2,18,19,20). The van der Waals surface area contributed by atoms with Gasteiger partial charge in [-0.05, 0) is 37.5 Å². The van der Waals surface area contributed by atoms with Crippen molar-refractivity contribution in [1.82, 2.24) is 9.97 Å². The molecule has 0 bridgehead atoms. The Balaban J connectivity index is 2.47. The van der Waals surface area contributed by atoms with E-state index in [2.05, 4.69) is 15.9 Å². The zero-order valence-corrected chi connectivity index (χ0v) is 12.1. The first-order valence-corrected chi connectivity index (χ1v) is 6.82. The zero-order valence-electron chi connectivity index (χ0n) is 11.4. The average Bonchev–Trinajstić information content (AvgIpc) is 2.38. The van der Waals surface area contributed by atoms with E-state index in [1.54, 1.807) is 0 Å². The number of aromatic nitrogens is 2. The molecular formula is C16H16ClN3. The molecular weight excluding hydrogens is 270 g/mol. The summed E-state index contributed by atoms with van der Waals surface area (Å²) in [5, 5.41) is 0.688. The van der Waals surface area contributed by atoms with Crippen LogP contribution >= 0.6 is 11.6 Å². The maximum Gasteiger partial charge on any atom is 0.220 e. The van der Waals surface area contributed by atoms with Crippen LogP contribution < -0.4 is 5.73 Å². The number of nitrogens with two attached hydrogens (primary N) is 1. The highest BCUT2D eigenvalue weighted by molar-refractivity contribution is 6.30. The highest BCUT2D eigenvalue weighted by Gasteiger charge is 2.12. The van der Waals surface area contributed by atoms with Crippen LogP contribution in [0.2, 0.25) is 5.02 Å². The lowest BCUT2D eigenvalue weighted by molar-refractivity contribution is 0.826. The molecule has 20 heavy (non-hydrogen) atoms. The van der Waals surface area contributed by atoms with Gasteiger partial charge in [0.05, 0.1) is 11.4 Å². The largest absolute Gasteiger partial charge is 0.368 e. The van der Waals surface area contributed by atoms with Crippen LogP contribution in [0.5, 0.6) is 0 Å². The topological polar surface area (TPSA) is 51.8 Å². The van der Waals surface area contributed by atoms with Gasteiger partial charge in [-0.15, -0.1) is 12.3 Å². The number of halogens is 1. The van der Waals surface area contributed by atoms with Gasteiger partial charge in [-0.3, -0.25) is 0 Å². The Morgan fingerprint density at radius 3 is 2.85 bits per heavy atom. The normalized spacial score (nSPS) is 10.2. The smallest absolute Gasteiger partial charge is 0.220 e. The van der Waals surface area contributed by atoms with Crippen molar-refractivity contribution in [3.05, 3.63) is 40.7 Å². The third-order valence-corrected chi connectivity index (χ3v) is 3.27. The molecule has 0 unspecified atom stereocenters. The van der Waals surface area contributed by atoms with Crippen LogP contribution in [-0.4, -0.2) is 9.97 Å². The number of anilines is 1. The molecule has 0 saturated carbocycles. The number of nitrogens with zero attached hydrogens (tertiary/aromatic N) is 2. The second-order valence-corrected chi connectivity index (χ2v) is 4.99. The Bertz CT molecular complexity index is 659. The summed E-state index contributed by atoms with van der Waals surface area (Å²) in [5.74, 6) is 2.94. The third kappa shape index (κ3) is 3.28. The van der Waals surface area contributed by atoms with Gasteiger partial charge in [0, 0.05) is 17.0 Å². The first kappa shape index (κ1) is 14.4. The average molecular weight is 286 g/mol. The number of rotatable bonds is 4. The van der Waals surface area contributed by atoms with Gasteiger partial charge in [0.2, 0.25) is 5.95 Å². The van der Waals surface area contributed by atoms with E-state index in [4.69, 9.17) is 23.8 Å². The quantitative estimate of drug-likeness (QED) is 0.689. The maximum absolute atomic E-state index is 6.07. The van der Waals surface area contributed by atoms with E-state index in [-0.39, 0.29) is 0 Å². The Kier molecular flexibility index (Phi) is 4.60. The number of terminal acetylenes is 1. The SMILES string of the molecule is C#CCCCc1nc(N)nc(C)c1-c1cccc(Cl)c1. The summed E-state index contributed by atoms with van der Waals surface area (Å²) >= 11 is 6.07. The van der Waals surface area contributed by atoms with Crippen molar-refractivity contribution >= 4 is 17.5 Å². The van der Waals surface area contributed by atoms with Crippen molar-refractivity contribution in [2.75, 3.05) is 5.73 Å². The van der Waals surface area contributed by atoms with Crippen LogP contribution in [0.3, 0.4) is 0 Å². The van der Waals surface area contributed by atoms with Gasteiger partial charge < -0.3 is 5.73 Å². The summed E-state index contributed by atoms with van der Waals surface area (Å²) in [6, 6.07) is 7.67. The van der Waals surface area contributed by atoms with Crippen molar-refractivity contribution in [3.63, 3.8) is 0 Å². The molecule has 2 aromatic rings. The molecule has 0 spiro atoms. The molecule has 0 aliphatic carbocycles. The van der Waals surface area contributed by atoms with Gasteiger partial charge in [-0.2, -0.15) is 0 Å². The minimum Gasteiger partial charge on any atom is -0.368 e. The van der Waals surface area contributed by atoms with E-state index in [0.717, 1.165) is 41.8 Å². The first-order chi connectivity index (χ1) is 9.61. The number of aryl methyl sites for hydroxylation is 2. The summed E-state index contributed by atoms with van der Waals surface area (Å²) in [6.07, 6.45) is 7.67. The van der Waals surface area contributed by atoms with Gasteiger partial charge in [0.15, 0.2) is 0 Å². The number of unbranched alkanes of at least 4 members (excludes halogenated alkanes) is 1. The third-order valence-electron chi connectivity index (χ3n) is 3.03. The van der Waals surface area contributed by atoms with E-state index in [1.807, 2.05) is 31.2 Å². The van der Waals surface area contributed by atoms with Crippen LogP contribution in [0.25, 0.3) is 11.1 Å². The molecule has 0 aliphatic rings. The minimum atomic E-state index is 0.295. The predicted molar refractivity (Wildman–Crippen MR) is 83.4 cm³/mol. The fourth-order valence-corrected chi connectivity index (χ4v) is 2.40. The van der Waals surface area contributed by atoms with E-state index < -0.39 is 0 Å². The van der Waals surface area contributed by atoms with Crippen molar-refractivity contribution in [2.24, 2.45) is 0 Å². The van der Waals surface area contributed by atoms with Crippen LogP contribution in [0.15, 0.2) is 24.3 Å². The monoisotopic (exact) mass is 285 g/mol. The van der Waals surface area contributed by atoms with E-state index in [0.29, 0.717) is 11.0 Å². The van der Waals surface area contributed by atoms with Gasteiger partial charge >= 0.3 is 0 Å². The zero-order chi connectivity index (χ0) is 14.5. The van der Waals surface area contributed by atoms with Crippen LogP contribution in [0.4, 0.5) is 5.95 Å². The lowest BCUT2D eigenvalue weighted by Gasteiger charge is -2.12. The van der Waals surface area contributed by atoms with E-state index in [1.165, 1.54) is 0 Å². The van der Waals surface area contributed by atoms with Gasteiger partial charge in [0.25, 0.3) is 0 Å². The lowest BCUT2D eigenvalue weighted by Crippen LogP contribution is -2.05. The molecule has 102 valence electrons. The summed E-state index contributed by atoms with van der Waals surface area (Å²) in [4.78, 5) is 8.62. The lowest BCUT2D eigenvalue weighted by atomic mass is 9.99. The minimum absolute atomic E-state index is 0.295. The van der Waals surface area contributed by atoms with E-state index in [9.17, 15) is 0 Å². The molecule has 3 nitrogen and oxygen atoms in total. The van der Waals surface area contributed by atoms with Crippen molar-refractivity contribution in [3.8, 4) is 23.5 Å². The highest BCUT2D eigenvalue weighted by atomic mass is 35.5. The molecule has 2 rings (SSSR count). The summed E-state index contributed by atoms with van der Waals surface area (Å²) < 4.78 is 0. The number of hydrogen-bond donors (Lipinski definition) is 1. The Morgan fingerprint density at radius 1 is 1.35 bits per heavy atom. The molecule has 0 atom stereocenters. The van der Waals surface area contributed by atoms with Crippen molar-refractivity contribution < 1.29 is 0 Å². The molecule has 0 radical (unpaired) electrons. The Morgan fingerprint density at radius 2 is 2.15 bits per heavy atom. The molecule has 4 heteroatoms. The fraction of sp³-hybridized carbons (Fsp3) is 0.250. The summed E-state index contributed by atoms with van der Waals surface area (Å²) in [7, 11) is 0. The highest BCUT2D eigenvalue weighted by Crippen LogP contribution is 2.29.